The summed E-state index contributed by atoms with van der Waals surface area (Å²) in [6.45, 7) is 4.31. The molecule has 0 spiro atoms. The van der Waals surface area contributed by atoms with Crippen LogP contribution in [0.25, 0.3) is 0 Å². The van der Waals surface area contributed by atoms with E-state index < -0.39 is 23.9 Å². The second kappa shape index (κ2) is 15.4. The first-order valence-electron chi connectivity index (χ1n) is 11.3. The molecule has 4 N–H and O–H groups in total. The van der Waals surface area contributed by atoms with Gasteiger partial charge >= 0.3 is 23.9 Å². The smallest absolute Gasteiger partial charge is 0.328 e. The van der Waals surface area contributed by atoms with Gasteiger partial charge in [-0.1, -0.05) is 29.4 Å². The highest BCUT2D eigenvalue weighted by molar-refractivity contribution is 8.01. The van der Waals surface area contributed by atoms with Crippen LogP contribution in [0, 0.1) is 5.82 Å². The van der Waals surface area contributed by atoms with Gasteiger partial charge in [0.05, 0.1) is 8.55 Å². The summed E-state index contributed by atoms with van der Waals surface area (Å²) in [5.41, 5.74) is 2.55. The number of aliphatic carboxylic acids is 4. The average Bonchev–Trinajstić information content (AvgIpc) is 3.15. The Morgan fingerprint density at radius 1 is 0.897 bits per heavy atom. The molecule has 1 atom stereocenters. The van der Waals surface area contributed by atoms with Crippen LogP contribution in [0.4, 0.5) is 4.39 Å². The Kier molecular flexibility index (Phi) is 12.6. The predicted molar refractivity (Wildman–Crippen MR) is 144 cm³/mol. The molecule has 2 aliphatic rings. The van der Waals surface area contributed by atoms with Crippen molar-refractivity contribution in [1.29, 1.82) is 0 Å². The molecule has 1 saturated heterocycles. The molecule has 210 valence electrons. The number of nitrogens with zero attached hydrogens (tertiary/aromatic N) is 2. The van der Waals surface area contributed by atoms with E-state index in [2.05, 4.69) is 22.9 Å². The number of rotatable bonds is 5. The van der Waals surface area contributed by atoms with Crippen molar-refractivity contribution in [2.24, 2.45) is 0 Å². The number of halogens is 2. The lowest BCUT2D eigenvalue weighted by atomic mass is 9.99. The monoisotopic (exact) mass is 600 g/mol. The number of carboxylic acids is 4. The number of carboxylic acid groups (broad SMARTS) is 4. The van der Waals surface area contributed by atoms with Gasteiger partial charge in [0.15, 0.2) is 0 Å². The van der Waals surface area contributed by atoms with Crippen molar-refractivity contribution in [3.63, 3.8) is 0 Å². The number of hydrogen-bond acceptors (Lipinski definition) is 8. The summed E-state index contributed by atoms with van der Waals surface area (Å²) in [6, 6.07) is 7.62. The second-order valence-electron chi connectivity index (χ2n) is 8.23. The van der Waals surface area contributed by atoms with Crippen molar-refractivity contribution in [3.8, 4) is 0 Å². The molecule has 39 heavy (non-hydrogen) atoms. The van der Waals surface area contributed by atoms with Crippen molar-refractivity contribution in [2.45, 2.75) is 21.6 Å². The third-order valence-corrected chi connectivity index (χ3v) is 8.01. The van der Waals surface area contributed by atoms with E-state index in [9.17, 15) is 23.6 Å². The fraction of sp³-hybridized carbons (Fsp3) is 0.280. The summed E-state index contributed by atoms with van der Waals surface area (Å²) in [6.07, 6.45) is 3.15. The van der Waals surface area contributed by atoms with Crippen molar-refractivity contribution in [2.75, 3.05) is 33.2 Å². The van der Waals surface area contributed by atoms with E-state index in [1.54, 1.807) is 35.2 Å². The quantitative estimate of drug-likeness (QED) is 0.368. The number of benzene rings is 1. The largest absolute Gasteiger partial charge is 0.478 e. The maximum atomic E-state index is 13.7. The van der Waals surface area contributed by atoms with Gasteiger partial charge in [0.25, 0.3) is 0 Å². The molecule has 0 aliphatic carbocycles. The molecule has 14 heteroatoms. The summed E-state index contributed by atoms with van der Waals surface area (Å²) >= 11 is 9.57. The van der Waals surface area contributed by atoms with Crippen LogP contribution in [0.15, 0.2) is 57.7 Å². The van der Waals surface area contributed by atoms with E-state index in [-0.39, 0.29) is 5.82 Å². The summed E-state index contributed by atoms with van der Waals surface area (Å²) in [4.78, 5) is 44.2. The Hall–Kier alpha value is -3.23. The minimum absolute atomic E-state index is 0.168. The van der Waals surface area contributed by atoms with E-state index in [1.165, 1.54) is 15.3 Å². The van der Waals surface area contributed by atoms with Gasteiger partial charge in [-0.15, -0.1) is 11.3 Å². The van der Waals surface area contributed by atoms with Crippen LogP contribution in [-0.2, 0) is 25.6 Å². The normalized spacial score (nSPS) is 17.2. The van der Waals surface area contributed by atoms with E-state index >= 15 is 0 Å². The highest BCUT2D eigenvalue weighted by Crippen LogP contribution is 2.48. The molecule has 1 unspecified atom stereocenters. The van der Waals surface area contributed by atoms with Crippen LogP contribution in [0.2, 0.25) is 4.34 Å². The standard InChI is InChI=1S/C17H18ClFN2S2.2C4H4O4/c1-20-4-6-21(7-5-20)14-8-11-2-3-12(19)9-15(11)22-17-13(14)10-16(18)23-17;2*5-3(6)1-2-4(7)8/h2-3,9-10,14H,4-8H2,1H3;2*1-2H,(H,5,6)(H,7,8)/b;2*2-1-. The van der Waals surface area contributed by atoms with Gasteiger partial charge in [0, 0.05) is 61.4 Å². The molecule has 0 radical (unpaired) electrons. The Morgan fingerprint density at radius 2 is 1.41 bits per heavy atom. The topological polar surface area (TPSA) is 156 Å². The summed E-state index contributed by atoms with van der Waals surface area (Å²) in [5, 5.41) is 31.2. The zero-order valence-corrected chi connectivity index (χ0v) is 23.0. The maximum absolute atomic E-state index is 13.7. The lowest BCUT2D eigenvalue weighted by Gasteiger charge is -2.38. The van der Waals surface area contributed by atoms with Crippen molar-refractivity contribution >= 4 is 58.6 Å². The molecule has 10 nitrogen and oxygen atoms in total. The minimum Gasteiger partial charge on any atom is -0.478 e. The Morgan fingerprint density at radius 3 is 1.90 bits per heavy atom. The molecule has 3 heterocycles. The molecule has 0 amide bonds. The van der Waals surface area contributed by atoms with Crippen molar-refractivity contribution in [1.82, 2.24) is 9.80 Å². The highest BCUT2D eigenvalue weighted by Gasteiger charge is 2.31. The molecule has 2 aliphatic heterocycles. The van der Waals surface area contributed by atoms with E-state index in [0.717, 1.165) is 41.8 Å². The van der Waals surface area contributed by atoms with Gasteiger partial charge < -0.3 is 25.3 Å². The van der Waals surface area contributed by atoms with E-state index in [4.69, 9.17) is 32.0 Å². The van der Waals surface area contributed by atoms with Crippen LogP contribution in [0.5, 0.6) is 0 Å². The zero-order valence-electron chi connectivity index (χ0n) is 20.6. The third kappa shape index (κ3) is 11.2. The van der Waals surface area contributed by atoms with Crippen molar-refractivity contribution in [3.05, 3.63) is 69.9 Å². The summed E-state index contributed by atoms with van der Waals surface area (Å²) in [7, 11) is 2.17. The molecule has 0 bridgehead atoms. The van der Waals surface area contributed by atoms with Crippen LogP contribution < -0.4 is 0 Å². The molecule has 1 aromatic carbocycles. The first-order chi connectivity index (χ1) is 18.3. The fourth-order valence-electron chi connectivity index (χ4n) is 3.62. The molecule has 1 fully saturated rings. The SMILES string of the molecule is CN1CCN(C2Cc3ccc(F)cc3Sc3sc(Cl)cc32)CC1.O=C(O)/C=C\C(=O)O.O=C(O)/C=C\C(=O)O. The first kappa shape index (κ1) is 32.0. The highest BCUT2D eigenvalue weighted by atomic mass is 35.5. The number of hydrogen-bond donors (Lipinski definition) is 4. The van der Waals surface area contributed by atoms with Gasteiger partial charge in [-0.05, 0) is 42.8 Å². The Labute approximate surface area is 236 Å². The Bertz CT molecular complexity index is 1190. The number of thiophene rings is 1. The van der Waals surface area contributed by atoms with Crippen LogP contribution in [0.3, 0.4) is 0 Å². The van der Waals surface area contributed by atoms with E-state index in [0.29, 0.717) is 30.3 Å². The molecule has 2 aromatic rings. The first-order valence-corrected chi connectivity index (χ1v) is 13.3. The van der Waals surface area contributed by atoms with Crippen LogP contribution >= 0.6 is 34.7 Å². The molecular weight excluding hydrogens is 575 g/mol. The summed E-state index contributed by atoms with van der Waals surface area (Å²) < 4.78 is 15.7. The number of fused-ring (bicyclic) bond motifs is 2. The van der Waals surface area contributed by atoms with Gasteiger partial charge in [-0.25, -0.2) is 23.6 Å². The maximum Gasteiger partial charge on any atom is 0.328 e. The van der Waals surface area contributed by atoms with Gasteiger partial charge in [0.2, 0.25) is 0 Å². The number of likely N-dealkylation sites (N-methyl/N-ethyl adjacent to an activating group) is 1. The predicted octanol–water partition coefficient (Wildman–Crippen LogP) is 3.96. The molecule has 4 rings (SSSR count). The van der Waals surface area contributed by atoms with Gasteiger partial charge in [-0.3, -0.25) is 4.90 Å². The second-order valence-corrected chi connectivity index (χ2v) is 11.2. The average molecular weight is 601 g/mol. The molecule has 0 saturated carbocycles. The number of piperazine rings is 1. The molecule has 1 aromatic heterocycles. The molecular formula is C25H26ClFN2O8S2. The lowest BCUT2D eigenvalue weighted by Crippen LogP contribution is -2.46. The van der Waals surface area contributed by atoms with Crippen LogP contribution in [-0.4, -0.2) is 87.3 Å². The van der Waals surface area contributed by atoms with Gasteiger partial charge in [-0.2, -0.15) is 0 Å². The fourth-order valence-corrected chi connectivity index (χ4v) is 6.46. The van der Waals surface area contributed by atoms with E-state index in [1.807, 2.05) is 6.07 Å². The minimum atomic E-state index is -1.26. The van der Waals surface area contributed by atoms with Crippen molar-refractivity contribution < 1.29 is 44.0 Å². The number of carbonyl (C=O) groups is 4. The Balaban J connectivity index is 0.000000277. The summed E-state index contributed by atoms with van der Waals surface area (Å²) in [5.74, 6) is -5.20. The zero-order chi connectivity index (χ0) is 29.1. The van der Waals surface area contributed by atoms with Crippen LogP contribution in [0.1, 0.15) is 17.2 Å². The third-order valence-electron chi connectivity index (χ3n) is 5.41. The lowest BCUT2D eigenvalue weighted by molar-refractivity contribution is -0.134. The van der Waals surface area contributed by atoms with Gasteiger partial charge in [0.1, 0.15) is 5.82 Å².